The molecule has 2 aliphatic carbocycles. The maximum Gasteiger partial charge on any atom is 2.00 e. The van der Waals surface area contributed by atoms with Crippen LogP contribution in [0.4, 0.5) is 0 Å². The van der Waals surface area contributed by atoms with Gasteiger partial charge in [0.1, 0.15) is 16.9 Å². The van der Waals surface area contributed by atoms with Crippen molar-refractivity contribution in [2.24, 2.45) is 0 Å². The summed E-state index contributed by atoms with van der Waals surface area (Å²) in [5.41, 5.74) is 11.6. The van der Waals surface area contributed by atoms with Gasteiger partial charge in [-0.3, -0.25) is 9.97 Å². The molecule has 4 aromatic carbocycles. The Bertz CT molecular complexity index is 2220. The van der Waals surface area contributed by atoms with E-state index in [-0.39, 0.29) is 42.7 Å². The van der Waals surface area contributed by atoms with E-state index in [9.17, 15) is 0 Å². The minimum absolute atomic E-state index is 0. The number of pyridine rings is 2. The number of rotatable bonds is 2. The fourth-order valence-corrected chi connectivity index (χ4v) is 9.06. The van der Waals surface area contributed by atoms with Gasteiger partial charge >= 0.3 is 21.1 Å². The van der Waals surface area contributed by atoms with Crippen LogP contribution in [0.15, 0.2) is 109 Å². The molecule has 51 heavy (non-hydrogen) atoms. The zero-order valence-corrected chi connectivity index (χ0v) is 32.8. The third-order valence-electron chi connectivity index (χ3n) is 13.4. The molecule has 0 radical (unpaired) electrons. The van der Waals surface area contributed by atoms with Crippen LogP contribution in [0, 0.1) is 12.1 Å². The second-order valence-electron chi connectivity index (χ2n) is 16.4. The molecule has 0 saturated carbocycles. The van der Waals surface area contributed by atoms with E-state index >= 15 is 0 Å². The smallest absolute Gasteiger partial charge is 0.457 e. The molecule has 9 rings (SSSR count). The van der Waals surface area contributed by atoms with Gasteiger partial charge in [-0.05, 0) is 57.3 Å². The predicted molar refractivity (Wildman–Crippen MR) is 201 cm³/mol. The first-order chi connectivity index (χ1) is 23.8. The molecule has 0 atom stereocenters. The Hall–Kier alpha value is -4.33. The number of para-hydroxylation sites is 2. The van der Waals surface area contributed by atoms with Gasteiger partial charge in [0.15, 0.2) is 0 Å². The Balaban J connectivity index is 0.00000374. The molecule has 4 heteroatoms. The van der Waals surface area contributed by atoms with Gasteiger partial charge in [-0.15, -0.1) is 70.8 Å². The van der Waals surface area contributed by atoms with Crippen LogP contribution in [0.2, 0.25) is 0 Å². The summed E-state index contributed by atoms with van der Waals surface area (Å²) in [4.78, 5) is 11.5. The van der Waals surface area contributed by atoms with E-state index in [0.29, 0.717) is 0 Å². The van der Waals surface area contributed by atoms with Crippen molar-refractivity contribution >= 4 is 0 Å². The molecule has 0 N–H and O–H groups in total. The van der Waals surface area contributed by atoms with Gasteiger partial charge in [-0.25, -0.2) is 0 Å². The molecular weight excluding hydrogens is 804 g/mol. The minimum Gasteiger partial charge on any atom is -0.457 e. The Kier molecular flexibility index (Phi) is 7.34. The normalized spacial score (nSPS) is 18.6. The predicted octanol–water partition coefficient (Wildman–Crippen LogP) is 11.0. The summed E-state index contributed by atoms with van der Waals surface area (Å²) in [6.45, 7) is 18.8. The summed E-state index contributed by atoms with van der Waals surface area (Å²) in [5.74, 6) is 1.62. The van der Waals surface area contributed by atoms with Crippen molar-refractivity contribution in [3.63, 3.8) is 0 Å². The van der Waals surface area contributed by atoms with E-state index in [2.05, 4.69) is 152 Å². The number of aromatic nitrogens is 2. The Morgan fingerprint density at radius 2 is 0.804 bits per heavy atom. The van der Waals surface area contributed by atoms with Gasteiger partial charge in [0, 0.05) is 11.1 Å². The van der Waals surface area contributed by atoms with Crippen molar-refractivity contribution in [3.8, 4) is 34.0 Å². The summed E-state index contributed by atoms with van der Waals surface area (Å²) in [5, 5.41) is 0. The molecule has 0 bridgehead atoms. The van der Waals surface area contributed by atoms with Crippen molar-refractivity contribution < 1.29 is 25.8 Å². The Morgan fingerprint density at radius 3 is 1.24 bits per heavy atom. The summed E-state index contributed by atoms with van der Waals surface area (Å²) in [6.07, 6.45) is 0. The molecule has 3 nitrogen and oxygen atoms in total. The first-order valence-corrected chi connectivity index (χ1v) is 17.8. The average molecular weight is 846 g/mol. The standard InChI is InChI=1S/C47H42N2O.Pt/c1-43(2)31-19-11-9-17-29(31)41-35(45(43,5)6)25-27-39(48-41)47(33-21-13-15-23-37(33)50-38-24-16-14-22-34(38)47)40-28-26-36-42(49-40)30-18-10-12-20-32(30)44(3,4)46(36,7)8;/h9-16,19-28H,1-8H3;/q-2;+2. The van der Waals surface area contributed by atoms with Gasteiger partial charge in [0.05, 0.1) is 11.4 Å². The number of hydrogen-bond donors (Lipinski definition) is 0. The van der Waals surface area contributed by atoms with Crippen LogP contribution in [0.5, 0.6) is 11.5 Å². The van der Waals surface area contributed by atoms with Crippen molar-refractivity contribution in [3.05, 3.63) is 166 Å². The van der Waals surface area contributed by atoms with Gasteiger partial charge in [0.2, 0.25) is 0 Å². The second kappa shape index (κ2) is 11.1. The van der Waals surface area contributed by atoms with E-state index in [4.69, 9.17) is 14.7 Å². The number of fused-ring (bicyclic) bond motifs is 8. The molecule has 0 fully saturated rings. The quantitative estimate of drug-likeness (QED) is 0.163. The summed E-state index contributed by atoms with van der Waals surface area (Å²) in [6, 6.07) is 45.9. The summed E-state index contributed by atoms with van der Waals surface area (Å²) in [7, 11) is 0. The molecule has 0 spiro atoms. The van der Waals surface area contributed by atoms with Crippen LogP contribution in [0.1, 0.15) is 100 Å². The number of hydrogen-bond acceptors (Lipinski definition) is 3. The first kappa shape index (κ1) is 33.8. The molecular formula is C47H42N2OPt. The Morgan fingerprint density at radius 1 is 0.431 bits per heavy atom. The zero-order valence-electron chi connectivity index (χ0n) is 30.5. The van der Waals surface area contributed by atoms with Crippen molar-refractivity contribution in [2.75, 3.05) is 0 Å². The topological polar surface area (TPSA) is 35.0 Å². The van der Waals surface area contributed by atoms with Crippen LogP contribution >= 0.6 is 0 Å². The van der Waals surface area contributed by atoms with Gasteiger partial charge in [0.25, 0.3) is 0 Å². The number of ether oxygens (including phenoxy) is 1. The van der Waals surface area contributed by atoms with E-state index in [1.165, 1.54) is 22.3 Å². The first-order valence-electron chi connectivity index (χ1n) is 17.8. The fourth-order valence-electron chi connectivity index (χ4n) is 9.06. The van der Waals surface area contributed by atoms with E-state index in [1.54, 1.807) is 0 Å². The fraction of sp³-hybridized carbons (Fsp3) is 0.277. The molecule has 0 unspecified atom stereocenters. The average Bonchev–Trinajstić information content (AvgIpc) is 3.12. The van der Waals surface area contributed by atoms with E-state index in [0.717, 1.165) is 56.5 Å². The molecule has 256 valence electrons. The minimum atomic E-state index is -0.867. The number of nitrogens with zero attached hydrogens (tertiary/aromatic N) is 2. The van der Waals surface area contributed by atoms with Gasteiger partial charge < -0.3 is 4.74 Å². The van der Waals surface area contributed by atoms with Crippen LogP contribution in [-0.2, 0) is 48.1 Å². The zero-order chi connectivity index (χ0) is 34.8. The van der Waals surface area contributed by atoms with Crippen LogP contribution in [0.25, 0.3) is 22.5 Å². The van der Waals surface area contributed by atoms with Crippen molar-refractivity contribution in [2.45, 2.75) is 82.5 Å². The van der Waals surface area contributed by atoms with Crippen LogP contribution in [0.3, 0.4) is 0 Å². The summed E-state index contributed by atoms with van der Waals surface area (Å²) < 4.78 is 6.67. The van der Waals surface area contributed by atoms with Crippen molar-refractivity contribution in [1.82, 2.24) is 9.97 Å². The third kappa shape index (κ3) is 4.22. The van der Waals surface area contributed by atoms with Crippen molar-refractivity contribution in [1.29, 1.82) is 0 Å². The molecule has 2 aromatic heterocycles. The molecule has 0 saturated heterocycles. The maximum atomic E-state index is 6.67. The van der Waals surface area contributed by atoms with E-state index < -0.39 is 5.41 Å². The maximum absolute atomic E-state index is 6.67. The van der Waals surface area contributed by atoms with Crippen LogP contribution < -0.4 is 4.74 Å². The van der Waals surface area contributed by atoms with E-state index in [1.807, 2.05) is 24.3 Å². The SMILES string of the molecule is CC1(C)c2ccc[c-]c2-c2nc(C3(c4ccc5c(n4)-c4[c-]cccc4C(C)(C)C5(C)C)c4ccccc4Oc4ccccc43)ccc2C1(C)C.[Pt+2]. The monoisotopic (exact) mass is 845 g/mol. The Labute approximate surface area is 316 Å². The van der Waals surface area contributed by atoms with Gasteiger partial charge in [-0.2, -0.15) is 0 Å². The second-order valence-corrected chi connectivity index (χ2v) is 16.4. The number of benzene rings is 4. The molecule has 1 aliphatic heterocycles. The molecule has 0 amide bonds. The largest absolute Gasteiger partial charge is 2.00 e. The molecule has 6 aromatic rings. The summed E-state index contributed by atoms with van der Waals surface area (Å²) >= 11 is 0. The van der Waals surface area contributed by atoms with Crippen LogP contribution in [-0.4, -0.2) is 9.97 Å². The molecule has 3 heterocycles. The van der Waals surface area contributed by atoms with Gasteiger partial charge in [-0.1, -0.05) is 115 Å². The third-order valence-corrected chi connectivity index (χ3v) is 13.4. The molecule has 3 aliphatic rings.